The maximum Gasteiger partial charge on any atom is 0.255 e. The van der Waals surface area contributed by atoms with Crippen LogP contribution in [-0.4, -0.2) is 23.3 Å². The monoisotopic (exact) mass is 366 g/mol. The van der Waals surface area contributed by atoms with Gasteiger partial charge in [-0.25, -0.2) is 0 Å². The molecule has 1 saturated carbocycles. The van der Waals surface area contributed by atoms with Crippen LogP contribution in [0.1, 0.15) is 48.9 Å². The molecule has 6 nitrogen and oxygen atoms in total. The Morgan fingerprint density at radius 2 is 1.74 bits per heavy atom. The van der Waals surface area contributed by atoms with Gasteiger partial charge in [0.1, 0.15) is 0 Å². The van der Waals surface area contributed by atoms with Crippen LogP contribution in [0.2, 0.25) is 0 Å². The first-order valence-electron chi connectivity index (χ1n) is 9.42. The van der Waals surface area contributed by atoms with E-state index < -0.39 is 0 Å². The van der Waals surface area contributed by atoms with Crippen LogP contribution in [0.15, 0.2) is 48.8 Å². The number of benzene rings is 1. The van der Waals surface area contributed by atoms with E-state index in [2.05, 4.69) is 15.6 Å². The number of aromatic nitrogens is 1. The average molecular weight is 366 g/mol. The minimum absolute atomic E-state index is 0.0472. The molecule has 4 N–H and O–H groups in total. The molecule has 0 saturated heterocycles. The molecule has 0 unspecified atom stereocenters. The van der Waals surface area contributed by atoms with Gasteiger partial charge < -0.3 is 16.4 Å². The third-order valence-corrected chi connectivity index (χ3v) is 5.23. The van der Waals surface area contributed by atoms with Crippen molar-refractivity contribution in [3.8, 4) is 0 Å². The maximum atomic E-state index is 12.5. The molecule has 3 rings (SSSR count). The predicted octanol–water partition coefficient (Wildman–Crippen LogP) is 3.57. The van der Waals surface area contributed by atoms with Crippen molar-refractivity contribution in [1.29, 1.82) is 0 Å². The SMILES string of the molecule is NCC1(CC(=O)Nc2cccc(C(=O)Nc3ccncc3)c2)CCCCC1. The van der Waals surface area contributed by atoms with Crippen molar-refractivity contribution in [1.82, 2.24) is 4.98 Å². The first kappa shape index (κ1) is 19.0. The standard InChI is InChI=1S/C21H26N4O2/c22-15-21(9-2-1-3-10-21)14-19(26)24-18-6-4-5-16(13-18)20(27)25-17-7-11-23-12-8-17/h4-8,11-13H,1-3,9-10,14-15,22H2,(H,24,26)(H,23,25,27). The van der Waals surface area contributed by atoms with Crippen LogP contribution in [0.4, 0.5) is 11.4 Å². The summed E-state index contributed by atoms with van der Waals surface area (Å²) in [6.45, 7) is 0.537. The third kappa shape index (κ3) is 5.14. The van der Waals surface area contributed by atoms with Gasteiger partial charge in [-0.05, 0) is 55.1 Å². The summed E-state index contributed by atoms with van der Waals surface area (Å²) in [5, 5.41) is 5.73. The fourth-order valence-electron chi connectivity index (χ4n) is 3.68. The molecule has 0 radical (unpaired) electrons. The number of carbonyl (C=O) groups excluding carboxylic acids is 2. The normalized spacial score (nSPS) is 15.7. The Morgan fingerprint density at radius 1 is 1.00 bits per heavy atom. The van der Waals surface area contributed by atoms with Crippen LogP contribution in [0.3, 0.4) is 0 Å². The molecule has 1 heterocycles. The zero-order chi connectivity index (χ0) is 19.1. The number of pyridine rings is 1. The van der Waals surface area contributed by atoms with Crippen LogP contribution in [0.25, 0.3) is 0 Å². The van der Waals surface area contributed by atoms with E-state index in [4.69, 9.17) is 5.73 Å². The quantitative estimate of drug-likeness (QED) is 0.728. The fourth-order valence-corrected chi connectivity index (χ4v) is 3.68. The number of nitrogens with zero attached hydrogens (tertiary/aromatic N) is 1. The Labute approximate surface area is 159 Å². The fraction of sp³-hybridized carbons (Fsp3) is 0.381. The molecular formula is C21H26N4O2. The van der Waals surface area contributed by atoms with E-state index in [-0.39, 0.29) is 17.2 Å². The number of hydrogen-bond acceptors (Lipinski definition) is 4. The zero-order valence-electron chi connectivity index (χ0n) is 15.4. The van der Waals surface area contributed by atoms with Crippen LogP contribution in [-0.2, 0) is 4.79 Å². The van der Waals surface area contributed by atoms with Crippen molar-refractivity contribution in [2.75, 3.05) is 17.2 Å². The topological polar surface area (TPSA) is 97.1 Å². The average Bonchev–Trinajstić information content (AvgIpc) is 2.69. The molecule has 1 aliphatic rings. The zero-order valence-corrected chi connectivity index (χ0v) is 15.4. The van der Waals surface area contributed by atoms with Gasteiger partial charge in [-0.1, -0.05) is 25.3 Å². The van der Waals surface area contributed by atoms with Gasteiger partial charge in [-0.15, -0.1) is 0 Å². The van der Waals surface area contributed by atoms with Crippen molar-refractivity contribution < 1.29 is 9.59 Å². The third-order valence-electron chi connectivity index (χ3n) is 5.23. The van der Waals surface area contributed by atoms with Gasteiger partial charge in [-0.2, -0.15) is 0 Å². The van der Waals surface area contributed by atoms with Gasteiger partial charge in [0.2, 0.25) is 5.91 Å². The van der Waals surface area contributed by atoms with E-state index in [9.17, 15) is 9.59 Å². The highest BCUT2D eigenvalue weighted by atomic mass is 16.2. The molecule has 0 spiro atoms. The minimum atomic E-state index is -0.233. The first-order chi connectivity index (χ1) is 13.1. The van der Waals surface area contributed by atoms with Gasteiger partial charge in [0, 0.05) is 35.8 Å². The van der Waals surface area contributed by atoms with Gasteiger partial charge in [0.25, 0.3) is 5.91 Å². The summed E-state index contributed by atoms with van der Waals surface area (Å²) in [5.74, 6) is -0.281. The second-order valence-corrected chi connectivity index (χ2v) is 7.26. The van der Waals surface area contributed by atoms with Crippen LogP contribution in [0, 0.1) is 5.41 Å². The molecule has 0 bridgehead atoms. The van der Waals surface area contributed by atoms with E-state index in [0.29, 0.717) is 29.9 Å². The van der Waals surface area contributed by atoms with Crippen molar-refractivity contribution in [3.05, 3.63) is 54.4 Å². The molecule has 2 amide bonds. The van der Waals surface area contributed by atoms with Crippen molar-refractivity contribution in [2.45, 2.75) is 38.5 Å². The molecule has 2 aromatic rings. The number of hydrogen-bond donors (Lipinski definition) is 3. The molecule has 0 aliphatic heterocycles. The summed E-state index contributed by atoms with van der Waals surface area (Å²) in [7, 11) is 0. The molecule has 1 fully saturated rings. The van der Waals surface area contributed by atoms with E-state index in [1.54, 1.807) is 48.8 Å². The number of nitrogens with one attached hydrogen (secondary N) is 2. The number of carbonyl (C=O) groups is 2. The predicted molar refractivity (Wildman–Crippen MR) is 106 cm³/mol. The summed E-state index contributed by atoms with van der Waals surface area (Å²) in [4.78, 5) is 28.9. The lowest BCUT2D eigenvalue weighted by atomic mass is 9.71. The highest BCUT2D eigenvalue weighted by molar-refractivity contribution is 6.05. The van der Waals surface area contributed by atoms with E-state index in [1.807, 2.05) is 0 Å². The molecule has 1 aliphatic carbocycles. The van der Waals surface area contributed by atoms with Crippen molar-refractivity contribution >= 4 is 23.2 Å². The van der Waals surface area contributed by atoms with E-state index in [1.165, 1.54) is 6.42 Å². The molecule has 27 heavy (non-hydrogen) atoms. The lowest BCUT2D eigenvalue weighted by Gasteiger charge is -2.35. The summed E-state index contributed by atoms with van der Waals surface area (Å²) in [6.07, 6.45) is 9.16. The Morgan fingerprint density at radius 3 is 2.44 bits per heavy atom. The highest BCUT2D eigenvalue weighted by Gasteiger charge is 2.32. The number of rotatable bonds is 6. The number of nitrogens with two attached hydrogens (primary N) is 1. The van der Waals surface area contributed by atoms with Crippen molar-refractivity contribution in [3.63, 3.8) is 0 Å². The molecule has 1 aromatic heterocycles. The lowest BCUT2D eigenvalue weighted by molar-refractivity contribution is -0.118. The molecule has 142 valence electrons. The van der Waals surface area contributed by atoms with Crippen LogP contribution < -0.4 is 16.4 Å². The largest absolute Gasteiger partial charge is 0.330 e. The Bertz CT molecular complexity index is 786. The van der Waals surface area contributed by atoms with E-state index in [0.717, 1.165) is 25.7 Å². The summed E-state index contributed by atoms with van der Waals surface area (Å²) in [5.41, 5.74) is 7.67. The Kier molecular flexibility index (Phi) is 6.19. The second-order valence-electron chi connectivity index (χ2n) is 7.26. The van der Waals surface area contributed by atoms with Crippen LogP contribution >= 0.6 is 0 Å². The van der Waals surface area contributed by atoms with Crippen molar-refractivity contribution in [2.24, 2.45) is 11.1 Å². The van der Waals surface area contributed by atoms with E-state index >= 15 is 0 Å². The van der Waals surface area contributed by atoms with Gasteiger partial charge in [0.05, 0.1) is 0 Å². The maximum absolute atomic E-state index is 12.5. The first-order valence-corrected chi connectivity index (χ1v) is 9.42. The highest BCUT2D eigenvalue weighted by Crippen LogP contribution is 2.38. The Balaban J connectivity index is 1.63. The smallest absolute Gasteiger partial charge is 0.255 e. The molecule has 6 heteroatoms. The second kappa shape index (κ2) is 8.77. The lowest BCUT2D eigenvalue weighted by Crippen LogP contribution is -2.36. The van der Waals surface area contributed by atoms with Gasteiger partial charge in [0.15, 0.2) is 0 Å². The molecule has 0 atom stereocenters. The minimum Gasteiger partial charge on any atom is -0.330 e. The van der Waals surface area contributed by atoms with Gasteiger partial charge in [-0.3, -0.25) is 14.6 Å². The van der Waals surface area contributed by atoms with Gasteiger partial charge >= 0.3 is 0 Å². The molecule has 1 aromatic carbocycles. The Hall–Kier alpha value is -2.73. The number of amides is 2. The number of anilines is 2. The summed E-state index contributed by atoms with van der Waals surface area (Å²) < 4.78 is 0. The van der Waals surface area contributed by atoms with Crippen LogP contribution in [0.5, 0.6) is 0 Å². The molecular weight excluding hydrogens is 340 g/mol. The summed E-state index contributed by atoms with van der Waals surface area (Å²) >= 11 is 0. The summed E-state index contributed by atoms with van der Waals surface area (Å²) in [6, 6.07) is 10.4.